The number of para-hydroxylation sites is 1. The van der Waals surface area contributed by atoms with Crippen molar-refractivity contribution in [2.24, 2.45) is 0 Å². The van der Waals surface area contributed by atoms with Crippen LogP contribution in [0.3, 0.4) is 0 Å². The molecule has 0 fully saturated rings. The van der Waals surface area contributed by atoms with E-state index in [4.69, 9.17) is 12.2 Å². The Hall–Kier alpha value is -1.87. The molecule has 0 saturated heterocycles. The van der Waals surface area contributed by atoms with Crippen molar-refractivity contribution in [1.29, 1.82) is 0 Å². The fraction of sp³-hybridized carbons (Fsp3) is 0.350. The average molecular weight is 327 g/mol. The monoisotopic (exact) mass is 326 g/mol. The van der Waals surface area contributed by atoms with E-state index in [1.165, 1.54) is 16.7 Å². The summed E-state index contributed by atoms with van der Waals surface area (Å²) >= 11 is 5.47. The van der Waals surface area contributed by atoms with Crippen LogP contribution in [-0.4, -0.2) is 5.11 Å². The fourth-order valence-electron chi connectivity index (χ4n) is 2.61. The van der Waals surface area contributed by atoms with Gasteiger partial charge in [0, 0.05) is 11.4 Å². The second-order valence-corrected chi connectivity index (χ2v) is 6.38. The molecule has 2 aromatic rings. The highest BCUT2D eigenvalue weighted by Crippen LogP contribution is 2.23. The third-order valence-corrected chi connectivity index (χ3v) is 4.53. The second-order valence-electron chi connectivity index (χ2n) is 5.97. The number of anilines is 2. The molecule has 1 atom stereocenters. The van der Waals surface area contributed by atoms with Crippen LogP contribution in [0.4, 0.5) is 11.4 Å². The quantitative estimate of drug-likeness (QED) is 0.671. The molecule has 0 amide bonds. The van der Waals surface area contributed by atoms with Gasteiger partial charge in [0.1, 0.15) is 0 Å². The van der Waals surface area contributed by atoms with E-state index in [0.717, 1.165) is 24.2 Å². The molecule has 0 radical (unpaired) electrons. The van der Waals surface area contributed by atoms with E-state index in [0.29, 0.717) is 11.0 Å². The number of nitrogens with one attached hydrogen (secondary N) is 2. The fourth-order valence-corrected chi connectivity index (χ4v) is 2.83. The predicted molar refractivity (Wildman–Crippen MR) is 106 cm³/mol. The molecule has 0 aliphatic heterocycles. The first-order chi connectivity index (χ1) is 11.0. The lowest BCUT2D eigenvalue weighted by atomic mass is 9.99. The maximum absolute atomic E-state index is 5.47. The summed E-state index contributed by atoms with van der Waals surface area (Å²) < 4.78 is 0. The highest BCUT2D eigenvalue weighted by atomic mass is 32.1. The van der Waals surface area contributed by atoms with Crippen LogP contribution in [0.15, 0.2) is 42.5 Å². The first-order valence-electron chi connectivity index (χ1n) is 8.31. The van der Waals surface area contributed by atoms with Crippen molar-refractivity contribution < 1.29 is 0 Å². The van der Waals surface area contributed by atoms with E-state index >= 15 is 0 Å². The Balaban J connectivity index is 2.05. The molecule has 3 heteroatoms. The molecule has 2 N–H and O–H groups in total. The molecule has 1 unspecified atom stereocenters. The van der Waals surface area contributed by atoms with E-state index in [-0.39, 0.29) is 0 Å². The maximum Gasteiger partial charge on any atom is 0.175 e. The molecule has 0 bridgehead atoms. The van der Waals surface area contributed by atoms with Crippen LogP contribution in [0.25, 0.3) is 0 Å². The molecule has 0 saturated carbocycles. The van der Waals surface area contributed by atoms with Crippen LogP contribution in [0.2, 0.25) is 0 Å². The van der Waals surface area contributed by atoms with Crippen LogP contribution >= 0.6 is 12.2 Å². The third kappa shape index (κ3) is 4.55. The predicted octanol–water partition coefficient (Wildman–Crippen LogP) is 5.88. The summed E-state index contributed by atoms with van der Waals surface area (Å²) in [6.45, 7) is 8.72. The van der Waals surface area contributed by atoms with Gasteiger partial charge in [0.25, 0.3) is 0 Å². The van der Waals surface area contributed by atoms with Gasteiger partial charge in [0.15, 0.2) is 5.11 Å². The van der Waals surface area contributed by atoms with Crippen LogP contribution in [0.5, 0.6) is 0 Å². The van der Waals surface area contributed by atoms with Gasteiger partial charge < -0.3 is 10.6 Å². The summed E-state index contributed by atoms with van der Waals surface area (Å²) in [6.07, 6.45) is 2.13. The van der Waals surface area contributed by atoms with Gasteiger partial charge in [0.05, 0.1) is 0 Å². The van der Waals surface area contributed by atoms with Gasteiger partial charge >= 0.3 is 0 Å². The lowest BCUT2D eigenvalue weighted by Gasteiger charge is -2.16. The van der Waals surface area contributed by atoms with Gasteiger partial charge in [-0.05, 0) is 66.7 Å². The Bertz CT molecular complexity index is 662. The smallest absolute Gasteiger partial charge is 0.175 e. The zero-order chi connectivity index (χ0) is 16.8. The molecule has 2 rings (SSSR count). The van der Waals surface area contributed by atoms with Gasteiger partial charge in [0.2, 0.25) is 0 Å². The largest absolute Gasteiger partial charge is 0.332 e. The third-order valence-electron chi connectivity index (χ3n) is 4.33. The Morgan fingerprint density at radius 1 is 1.04 bits per heavy atom. The number of benzene rings is 2. The van der Waals surface area contributed by atoms with Crippen molar-refractivity contribution in [3.8, 4) is 0 Å². The normalized spacial score (nSPS) is 11.8. The maximum atomic E-state index is 5.47. The standard InChI is InChI=1S/C20H26N2S/c1-5-14(3)17-10-12-18(13-11-17)21-20(23)22-19-15(4)8-7-9-16(19)6-2/h7-14H,5-6H2,1-4H3,(H2,21,22,23). The minimum Gasteiger partial charge on any atom is -0.332 e. The molecule has 0 heterocycles. The Morgan fingerprint density at radius 2 is 1.74 bits per heavy atom. The molecule has 0 spiro atoms. The molecule has 0 aliphatic rings. The SMILES string of the molecule is CCc1cccc(C)c1NC(=S)Nc1ccc(C(C)CC)cc1. The van der Waals surface area contributed by atoms with Crippen molar-refractivity contribution in [2.45, 2.75) is 46.5 Å². The van der Waals surface area contributed by atoms with Crippen molar-refractivity contribution in [1.82, 2.24) is 0 Å². The van der Waals surface area contributed by atoms with Crippen LogP contribution < -0.4 is 10.6 Å². The lowest BCUT2D eigenvalue weighted by Crippen LogP contribution is -2.20. The van der Waals surface area contributed by atoms with Gasteiger partial charge in [-0.15, -0.1) is 0 Å². The summed E-state index contributed by atoms with van der Waals surface area (Å²) in [5.74, 6) is 0.591. The molecule has 0 aliphatic carbocycles. The van der Waals surface area contributed by atoms with E-state index in [1.807, 2.05) is 0 Å². The van der Waals surface area contributed by atoms with E-state index < -0.39 is 0 Å². The van der Waals surface area contributed by atoms with Crippen molar-refractivity contribution in [2.75, 3.05) is 10.6 Å². The molecular formula is C20H26N2S. The van der Waals surface area contributed by atoms with E-state index in [1.54, 1.807) is 0 Å². The number of aryl methyl sites for hydroxylation is 2. The minimum absolute atomic E-state index is 0.591. The molecule has 0 aromatic heterocycles. The van der Waals surface area contributed by atoms with Gasteiger partial charge in [-0.1, -0.05) is 51.1 Å². The van der Waals surface area contributed by atoms with E-state index in [9.17, 15) is 0 Å². The first-order valence-corrected chi connectivity index (χ1v) is 8.72. The van der Waals surface area contributed by atoms with Crippen LogP contribution in [0.1, 0.15) is 49.8 Å². The number of thiocarbonyl (C=S) groups is 1. The zero-order valence-electron chi connectivity index (χ0n) is 14.4. The number of hydrogen-bond donors (Lipinski definition) is 2. The van der Waals surface area contributed by atoms with Crippen LogP contribution in [-0.2, 0) is 6.42 Å². The Labute approximate surface area is 145 Å². The molecular weight excluding hydrogens is 300 g/mol. The van der Waals surface area contributed by atoms with Gasteiger partial charge in [-0.2, -0.15) is 0 Å². The summed E-state index contributed by atoms with van der Waals surface area (Å²) in [6, 6.07) is 14.9. The van der Waals surface area contributed by atoms with Crippen LogP contribution in [0, 0.1) is 6.92 Å². The molecule has 122 valence electrons. The summed E-state index contributed by atoms with van der Waals surface area (Å²) in [4.78, 5) is 0. The summed E-state index contributed by atoms with van der Waals surface area (Å²) in [7, 11) is 0. The molecule has 2 nitrogen and oxygen atoms in total. The Morgan fingerprint density at radius 3 is 2.35 bits per heavy atom. The van der Waals surface area contributed by atoms with Gasteiger partial charge in [-0.25, -0.2) is 0 Å². The Kier molecular flexibility index (Phi) is 6.17. The number of rotatable bonds is 5. The lowest BCUT2D eigenvalue weighted by molar-refractivity contribution is 0.734. The number of hydrogen-bond acceptors (Lipinski definition) is 1. The summed E-state index contributed by atoms with van der Waals surface area (Å²) in [5.41, 5.74) is 5.98. The minimum atomic E-state index is 0.591. The molecule has 2 aromatic carbocycles. The van der Waals surface area contributed by atoms with Crippen molar-refractivity contribution in [3.63, 3.8) is 0 Å². The van der Waals surface area contributed by atoms with E-state index in [2.05, 4.69) is 80.8 Å². The highest BCUT2D eigenvalue weighted by Gasteiger charge is 2.07. The summed E-state index contributed by atoms with van der Waals surface area (Å²) in [5, 5.41) is 7.25. The first kappa shape index (κ1) is 17.5. The average Bonchev–Trinajstić information content (AvgIpc) is 2.56. The second kappa shape index (κ2) is 8.11. The topological polar surface area (TPSA) is 24.1 Å². The van der Waals surface area contributed by atoms with Gasteiger partial charge in [-0.3, -0.25) is 0 Å². The zero-order valence-corrected chi connectivity index (χ0v) is 15.3. The van der Waals surface area contributed by atoms with Crippen molar-refractivity contribution >= 4 is 28.7 Å². The van der Waals surface area contributed by atoms with Crippen molar-refractivity contribution in [3.05, 3.63) is 59.2 Å². The highest BCUT2D eigenvalue weighted by molar-refractivity contribution is 7.80. The molecule has 23 heavy (non-hydrogen) atoms.